The molecule has 1 aromatic heterocycles. The lowest BCUT2D eigenvalue weighted by Crippen LogP contribution is -2.70. The number of nitrogens with zero attached hydrogens (tertiary/aromatic N) is 5. The van der Waals surface area contributed by atoms with Crippen LogP contribution in [-0.4, -0.2) is 95.2 Å². The molecule has 0 saturated carbocycles. The summed E-state index contributed by atoms with van der Waals surface area (Å²) in [5.41, 5.74) is 0.310. The fourth-order valence-electron chi connectivity index (χ4n) is 6.40. The SMILES string of the molecule is O=C(Cc1ccc(OCCCC2CCN(c3ncc(Cl)cn3)CC2)cc1F)N1CC2CC(C1)N2C(=O)CCCCS(=O)(=O)O. The molecular formula is C30H39ClFN5O6S. The van der Waals surface area contributed by atoms with Crippen molar-refractivity contribution in [2.75, 3.05) is 43.4 Å². The molecule has 1 aromatic carbocycles. The Bertz CT molecular complexity index is 1410. The molecule has 0 aliphatic carbocycles. The van der Waals surface area contributed by atoms with E-state index in [0.29, 0.717) is 54.3 Å². The molecule has 6 rings (SSSR count). The Balaban J connectivity index is 0.988. The zero-order chi connectivity index (χ0) is 31.3. The Hall–Kier alpha value is -3.03. The molecule has 2 aromatic rings. The third kappa shape index (κ3) is 8.57. The van der Waals surface area contributed by atoms with Crippen LogP contribution < -0.4 is 9.64 Å². The number of carbonyl (C=O) groups is 2. The van der Waals surface area contributed by atoms with Crippen molar-refractivity contribution in [1.29, 1.82) is 0 Å². The molecule has 2 bridgehead atoms. The number of piperidine rings is 2. The van der Waals surface area contributed by atoms with Gasteiger partial charge in [0.2, 0.25) is 17.8 Å². The Morgan fingerprint density at radius 2 is 1.75 bits per heavy atom. The highest BCUT2D eigenvalue weighted by Gasteiger charge is 2.47. The first-order valence-corrected chi connectivity index (χ1v) is 17.2. The van der Waals surface area contributed by atoms with Gasteiger partial charge in [-0.1, -0.05) is 17.7 Å². The Kier molecular flexibility index (Phi) is 10.6. The first kappa shape index (κ1) is 32.4. The zero-order valence-corrected chi connectivity index (χ0v) is 26.2. The van der Waals surface area contributed by atoms with Gasteiger partial charge in [0, 0.05) is 38.7 Å². The highest BCUT2D eigenvalue weighted by atomic mass is 35.5. The van der Waals surface area contributed by atoms with Gasteiger partial charge in [-0.05, 0) is 62.5 Å². The van der Waals surface area contributed by atoms with Crippen LogP contribution in [0.4, 0.5) is 10.3 Å². The molecule has 0 spiro atoms. The van der Waals surface area contributed by atoms with Crippen LogP contribution >= 0.6 is 11.6 Å². The number of carbonyl (C=O) groups excluding carboxylic acids is 2. The molecule has 0 radical (unpaired) electrons. The highest BCUT2D eigenvalue weighted by molar-refractivity contribution is 7.85. The molecule has 1 N–H and O–H groups in total. The molecule has 2 unspecified atom stereocenters. The molecule has 5 heterocycles. The van der Waals surface area contributed by atoms with Crippen molar-refractivity contribution in [2.24, 2.45) is 5.92 Å². The lowest BCUT2D eigenvalue weighted by molar-refractivity contribution is -0.160. The monoisotopic (exact) mass is 651 g/mol. The summed E-state index contributed by atoms with van der Waals surface area (Å²) < 4.78 is 51.2. The van der Waals surface area contributed by atoms with Gasteiger partial charge < -0.3 is 19.4 Å². The minimum Gasteiger partial charge on any atom is -0.493 e. The quantitative estimate of drug-likeness (QED) is 0.254. The minimum absolute atomic E-state index is 0.0606. The third-order valence-corrected chi connectivity index (χ3v) is 9.77. The second kappa shape index (κ2) is 14.4. The first-order chi connectivity index (χ1) is 21.1. The van der Waals surface area contributed by atoms with Gasteiger partial charge >= 0.3 is 0 Å². The lowest BCUT2D eigenvalue weighted by atomic mass is 9.86. The second-order valence-electron chi connectivity index (χ2n) is 11.9. The molecule has 4 aliphatic rings. The molecule has 14 heteroatoms. The standard InChI is InChI=1S/C30H39ClFN5O6S/c31-23-17-33-30(34-18-23)35-10-8-21(9-11-35)4-3-12-43-26-7-6-22(27(32)16-26)14-29(39)36-19-24-15-25(20-36)37(24)28(38)5-1-2-13-44(40,41)42/h6-7,16-18,21,24-25H,1-5,8-15,19-20H2,(H,40,41,42). The third-order valence-electron chi connectivity index (χ3n) is 8.77. The number of anilines is 1. The number of amides is 2. The largest absolute Gasteiger partial charge is 0.493 e. The van der Waals surface area contributed by atoms with E-state index < -0.39 is 15.9 Å². The van der Waals surface area contributed by atoms with Crippen molar-refractivity contribution in [2.45, 2.75) is 69.9 Å². The van der Waals surface area contributed by atoms with Crippen LogP contribution in [0.15, 0.2) is 30.6 Å². The number of benzene rings is 1. The maximum atomic E-state index is 14.9. The molecule has 4 aliphatic heterocycles. The van der Waals surface area contributed by atoms with E-state index in [4.69, 9.17) is 20.9 Å². The van der Waals surface area contributed by atoms with E-state index in [1.165, 1.54) is 6.07 Å². The van der Waals surface area contributed by atoms with Gasteiger partial charge in [-0.15, -0.1) is 0 Å². The van der Waals surface area contributed by atoms with Crippen molar-refractivity contribution in [3.8, 4) is 5.75 Å². The summed E-state index contributed by atoms with van der Waals surface area (Å²) in [6.45, 7) is 3.10. The van der Waals surface area contributed by atoms with E-state index in [9.17, 15) is 22.4 Å². The molecule has 2 amide bonds. The number of hydrogen-bond donors (Lipinski definition) is 1. The predicted molar refractivity (Wildman–Crippen MR) is 163 cm³/mol. The first-order valence-electron chi connectivity index (χ1n) is 15.2. The number of ether oxygens (including phenoxy) is 1. The average molecular weight is 652 g/mol. The minimum atomic E-state index is -4.03. The zero-order valence-electron chi connectivity index (χ0n) is 24.6. The number of unbranched alkanes of at least 4 members (excludes halogenated alkanes) is 1. The normalized spacial score (nSPS) is 20.4. The number of hydrogen-bond acceptors (Lipinski definition) is 8. The summed E-state index contributed by atoms with van der Waals surface area (Å²) in [4.78, 5) is 39.8. The molecule has 4 fully saturated rings. The Morgan fingerprint density at radius 1 is 1.05 bits per heavy atom. The molecular weight excluding hydrogens is 613 g/mol. The number of piperazine rings is 1. The van der Waals surface area contributed by atoms with Gasteiger partial charge in [-0.25, -0.2) is 14.4 Å². The van der Waals surface area contributed by atoms with Crippen LogP contribution in [0.3, 0.4) is 0 Å². The number of fused-ring (bicyclic) bond motifs is 2. The maximum absolute atomic E-state index is 14.9. The Morgan fingerprint density at radius 3 is 2.41 bits per heavy atom. The van der Waals surface area contributed by atoms with E-state index in [0.717, 1.165) is 45.2 Å². The molecule has 2 atom stereocenters. The van der Waals surface area contributed by atoms with E-state index >= 15 is 0 Å². The van der Waals surface area contributed by atoms with Crippen LogP contribution in [-0.2, 0) is 26.1 Å². The predicted octanol–water partition coefficient (Wildman–Crippen LogP) is 3.76. The summed E-state index contributed by atoms with van der Waals surface area (Å²) in [6.07, 6.45) is 8.78. The van der Waals surface area contributed by atoms with Gasteiger partial charge in [0.25, 0.3) is 10.1 Å². The molecule has 4 saturated heterocycles. The second-order valence-corrected chi connectivity index (χ2v) is 13.9. The van der Waals surface area contributed by atoms with E-state index in [1.807, 2.05) is 0 Å². The number of halogens is 2. The summed E-state index contributed by atoms with van der Waals surface area (Å²) in [5.74, 6) is 0.667. The van der Waals surface area contributed by atoms with E-state index in [2.05, 4.69) is 14.9 Å². The van der Waals surface area contributed by atoms with Crippen LogP contribution in [0.2, 0.25) is 5.02 Å². The summed E-state index contributed by atoms with van der Waals surface area (Å²) in [7, 11) is -4.03. The van der Waals surface area contributed by atoms with E-state index in [1.54, 1.807) is 34.3 Å². The van der Waals surface area contributed by atoms with Crippen molar-refractivity contribution >= 4 is 39.5 Å². The summed E-state index contributed by atoms with van der Waals surface area (Å²) in [6, 6.07) is 4.50. The van der Waals surface area contributed by atoms with Crippen LogP contribution in [0, 0.1) is 11.7 Å². The Labute approximate surface area is 262 Å². The van der Waals surface area contributed by atoms with Gasteiger partial charge in [-0.3, -0.25) is 14.1 Å². The van der Waals surface area contributed by atoms with Crippen molar-refractivity contribution in [3.05, 3.63) is 47.0 Å². The fraction of sp³-hybridized carbons (Fsp3) is 0.600. The van der Waals surface area contributed by atoms with E-state index in [-0.39, 0.29) is 48.9 Å². The van der Waals surface area contributed by atoms with Gasteiger partial charge in [0.1, 0.15) is 11.6 Å². The number of rotatable bonds is 13. The topological polar surface area (TPSA) is 133 Å². The highest BCUT2D eigenvalue weighted by Crippen LogP contribution is 2.34. The van der Waals surface area contributed by atoms with Crippen molar-refractivity contribution < 1.29 is 31.7 Å². The average Bonchev–Trinajstić information content (AvgIpc) is 2.99. The van der Waals surface area contributed by atoms with Crippen molar-refractivity contribution in [1.82, 2.24) is 19.8 Å². The van der Waals surface area contributed by atoms with Crippen LogP contribution in [0.25, 0.3) is 0 Å². The number of aromatic nitrogens is 2. The smallest absolute Gasteiger partial charge is 0.264 e. The summed E-state index contributed by atoms with van der Waals surface area (Å²) in [5, 5.41) is 0.525. The fourth-order valence-corrected chi connectivity index (χ4v) is 7.07. The lowest BCUT2D eigenvalue weighted by Gasteiger charge is -2.56. The van der Waals surface area contributed by atoms with Crippen LogP contribution in [0.5, 0.6) is 5.75 Å². The van der Waals surface area contributed by atoms with Crippen LogP contribution in [0.1, 0.15) is 56.9 Å². The van der Waals surface area contributed by atoms with Gasteiger partial charge in [0.15, 0.2) is 0 Å². The van der Waals surface area contributed by atoms with Gasteiger partial charge in [-0.2, -0.15) is 8.42 Å². The molecule has 44 heavy (non-hydrogen) atoms. The van der Waals surface area contributed by atoms with Gasteiger partial charge in [0.05, 0.1) is 48.3 Å². The van der Waals surface area contributed by atoms with Crippen molar-refractivity contribution in [3.63, 3.8) is 0 Å². The molecule has 240 valence electrons. The summed E-state index contributed by atoms with van der Waals surface area (Å²) >= 11 is 5.88. The molecule has 11 nitrogen and oxygen atoms in total. The maximum Gasteiger partial charge on any atom is 0.264 e.